The van der Waals surface area contributed by atoms with Gasteiger partial charge in [-0.05, 0) is 17.7 Å². The van der Waals surface area contributed by atoms with Crippen molar-refractivity contribution < 1.29 is 38.4 Å². The molecule has 2 unspecified atom stereocenters. The summed E-state index contributed by atoms with van der Waals surface area (Å²) in [6.45, 7) is -0.931. The summed E-state index contributed by atoms with van der Waals surface area (Å²) >= 11 is 0. The molecule has 2 atom stereocenters. The highest BCUT2D eigenvalue weighted by atomic mass is 19.4. The summed E-state index contributed by atoms with van der Waals surface area (Å²) in [7, 11) is 0. The molecule has 5 nitrogen and oxygen atoms in total. The van der Waals surface area contributed by atoms with Gasteiger partial charge in [-0.3, -0.25) is 0 Å². The number of carboxylic acid groups (broad SMARTS) is 1. The molecule has 0 heterocycles. The highest BCUT2D eigenvalue weighted by molar-refractivity contribution is 5.88. The molecule has 0 aliphatic rings. The molecule has 0 bridgehead atoms. The Balaban J connectivity index is 3.36. The van der Waals surface area contributed by atoms with Crippen molar-refractivity contribution in [2.75, 3.05) is 6.61 Å². The van der Waals surface area contributed by atoms with Crippen molar-refractivity contribution in [3.8, 4) is 0 Å². The highest BCUT2D eigenvalue weighted by Crippen LogP contribution is 2.36. The van der Waals surface area contributed by atoms with Crippen LogP contribution in [0.3, 0.4) is 0 Å². The van der Waals surface area contributed by atoms with E-state index in [0.29, 0.717) is 6.07 Å². The average molecular weight is 280 g/mol. The molecule has 1 aromatic carbocycles. The summed E-state index contributed by atoms with van der Waals surface area (Å²) in [5.74, 6) is -1.55. The van der Waals surface area contributed by atoms with Gasteiger partial charge in [0.25, 0.3) is 0 Å². The van der Waals surface area contributed by atoms with Gasteiger partial charge in [0, 0.05) is 0 Å². The summed E-state index contributed by atoms with van der Waals surface area (Å²) in [5.41, 5.74) is -2.66. The first-order chi connectivity index (χ1) is 8.68. The standard InChI is InChI=1S/C11H11F3O5/c12-11(13,14)7-3-5(10(18)19)1-2-6(7)9(17)8(16)4-15/h1-3,8-9,15-17H,4H2,(H,18,19). The van der Waals surface area contributed by atoms with Crippen LogP contribution in [0.25, 0.3) is 0 Å². The number of carbonyl (C=O) groups is 1. The van der Waals surface area contributed by atoms with Gasteiger partial charge in [-0.1, -0.05) is 6.07 Å². The fourth-order valence-corrected chi connectivity index (χ4v) is 1.50. The molecular weight excluding hydrogens is 269 g/mol. The zero-order valence-corrected chi connectivity index (χ0v) is 9.42. The van der Waals surface area contributed by atoms with Crippen molar-refractivity contribution in [1.29, 1.82) is 0 Å². The Morgan fingerprint density at radius 3 is 2.26 bits per heavy atom. The van der Waals surface area contributed by atoms with Crippen molar-refractivity contribution in [2.24, 2.45) is 0 Å². The van der Waals surface area contributed by atoms with Gasteiger partial charge in [0.15, 0.2) is 0 Å². The molecule has 0 aliphatic heterocycles. The lowest BCUT2D eigenvalue weighted by molar-refractivity contribution is -0.140. The van der Waals surface area contributed by atoms with Crippen LogP contribution in [0.2, 0.25) is 0 Å². The van der Waals surface area contributed by atoms with Crippen LogP contribution in [0.15, 0.2) is 18.2 Å². The first kappa shape index (κ1) is 15.4. The normalized spacial score (nSPS) is 15.1. The third-order valence-electron chi connectivity index (χ3n) is 2.48. The van der Waals surface area contributed by atoms with E-state index < -0.39 is 47.7 Å². The molecule has 0 fully saturated rings. The Bertz CT molecular complexity index is 472. The largest absolute Gasteiger partial charge is 0.478 e. The van der Waals surface area contributed by atoms with Crippen molar-refractivity contribution in [3.63, 3.8) is 0 Å². The molecule has 0 aliphatic carbocycles. The number of halogens is 3. The number of hydrogen-bond donors (Lipinski definition) is 4. The molecule has 0 aromatic heterocycles. The quantitative estimate of drug-likeness (QED) is 0.653. The fourth-order valence-electron chi connectivity index (χ4n) is 1.50. The third kappa shape index (κ3) is 3.43. The second kappa shape index (κ2) is 5.55. The minimum absolute atomic E-state index is 0.366. The van der Waals surface area contributed by atoms with Crippen LogP contribution < -0.4 is 0 Å². The molecule has 1 aromatic rings. The maximum Gasteiger partial charge on any atom is 0.416 e. The van der Waals surface area contributed by atoms with Gasteiger partial charge in [-0.15, -0.1) is 0 Å². The molecule has 0 saturated heterocycles. The Morgan fingerprint density at radius 1 is 1.26 bits per heavy atom. The number of aromatic carboxylic acids is 1. The van der Waals surface area contributed by atoms with E-state index in [-0.39, 0.29) is 0 Å². The molecule has 0 spiro atoms. The van der Waals surface area contributed by atoms with Gasteiger partial charge in [-0.2, -0.15) is 13.2 Å². The van der Waals surface area contributed by atoms with Gasteiger partial charge >= 0.3 is 12.1 Å². The van der Waals surface area contributed by atoms with Gasteiger partial charge in [0.1, 0.15) is 12.2 Å². The SMILES string of the molecule is O=C(O)c1ccc(C(O)C(O)CO)c(C(F)(F)F)c1. The molecule has 0 amide bonds. The second-order valence-electron chi connectivity index (χ2n) is 3.80. The lowest BCUT2D eigenvalue weighted by atomic mass is 9.96. The van der Waals surface area contributed by atoms with E-state index in [1.54, 1.807) is 0 Å². The summed E-state index contributed by atoms with van der Waals surface area (Å²) in [5, 5.41) is 35.9. The molecule has 0 radical (unpaired) electrons. The van der Waals surface area contributed by atoms with E-state index in [2.05, 4.69) is 0 Å². The first-order valence-electron chi connectivity index (χ1n) is 5.10. The number of alkyl halides is 3. The van der Waals surface area contributed by atoms with E-state index in [9.17, 15) is 23.1 Å². The first-order valence-corrected chi connectivity index (χ1v) is 5.10. The topological polar surface area (TPSA) is 98.0 Å². The smallest absolute Gasteiger partial charge is 0.416 e. The van der Waals surface area contributed by atoms with Crippen molar-refractivity contribution in [3.05, 3.63) is 34.9 Å². The predicted octanol–water partition coefficient (Wildman–Crippen LogP) is 0.790. The number of carboxylic acids is 1. The maximum absolute atomic E-state index is 12.8. The number of rotatable bonds is 4. The summed E-state index contributed by atoms with van der Waals surface area (Å²) < 4.78 is 38.3. The molecule has 19 heavy (non-hydrogen) atoms. The van der Waals surface area contributed by atoms with Gasteiger partial charge < -0.3 is 20.4 Å². The Kier molecular flexibility index (Phi) is 4.51. The van der Waals surface area contributed by atoms with Crippen LogP contribution >= 0.6 is 0 Å². The van der Waals surface area contributed by atoms with E-state index >= 15 is 0 Å². The van der Waals surface area contributed by atoms with Crippen LogP contribution in [0.4, 0.5) is 13.2 Å². The second-order valence-corrected chi connectivity index (χ2v) is 3.80. The summed E-state index contributed by atoms with van der Waals surface area (Å²) in [4.78, 5) is 10.6. The predicted molar refractivity (Wildman–Crippen MR) is 56.5 cm³/mol. The van der Waals surface area contributed by atoms with E-state index in [1.807, 2.05) is 0 Å². The van der Waals surface area contributed by atoms with E-state index in [0.717, 1.165) is 12.1 Å². The number of hydrogen-bond acceptors (Lipinski definition) is 4. The van der Waals surface area contributed by atoms with Crippen LogP contribution in [0, 0.1) is 0 Å². The maximum atomic E-state index is 12.8. The monoisotopic (exact) mass is 280 g/mol. The van der Waals surface area contributed by atoms with Gasteiger partial charge in [0.2, 0.25) is 0 Å². The molecular formula is C11H11F3O5. The fraction of sp³-hybridized carbons (Fsp3) is 0.364. The van der Waals surface area contributed by atoms with Crippen LogP contribution in [0.5, 0.6) is 0 Å². The lowest BCUT2D eigenvalue weighted by Crippen LogP contribution is -2.25. The number of aliphatic hydroxyl groups excluding tert-OH is 3. The van der Waals surface area contributed by atoms with Crippen molar-refractivity contribution in [2.45, 2.75) is 18.4 Å². The van der Waals surface area contributed by atoms with E-state index in [4.69, 9.17) is 15.3 Å². The van der Waals surface area contributed by atoms with Crippen molar-refractivity contribution >= 4 is 5.97 Å². The van der Waals surface area contributed by atoms with E-state index in [1.165, 1.54) is 0 Å². The molecule has 8 heteroatoms. The summed E-state index contributed by atoms with van der Waals surface area (Å²) in [6, 6.07) is 2.00. The van der Waals surface area contributed by atoms with Crippen molar-refractivity contribution in [1.82, 2.24) is 0 Å². The van der Waals surface area contributed by atoms with Crippen LogP contribution in [-0.4, -0.2) is 39.1 Å². The minimum Gasteiger partial charge on any atom is -0.478 e. The van der Waals surface area contributed by atoms with Crippen LogP contribution in [0.1, 0.15) is 27.6 Å². The Labute approximate surface area is 105 Å². The van der Waals surface area contributed by atoms with Gasteiger partial charge in [-0.25, -0.2) is 4.79 Å². The molecule has 106 valence electrons. The average Bonchev–Trinajstić information content (AvgIpc) is 2.35. The summed E-state index contributed by atoms with van der Waals surface area (Å²) in [6.07, 6.45) is -8.65. The third-order valence-corrected chi connectivity index (χ3v) is 2.48. The minimum atomic E-state index is -4.89. The van der Waals surface area contributed by atoms with Gasteiger partial charge in [0.05, 0.1) is 17.7 Å². The van der Waals surface area contributed by atoms with Crippen LogP contribution in [-0.2, 0) is 6.18 Å². The Hall–Kier alpha value is -1.64. The zero-order chi connectivity index (χ0) is 14.8. The Morgan fingerprint density at radius 2 is 1.84 bits per heavy atom. The zero-order valence-electron chi connectivity index (χ0n) is 9.42. The lowest BCUT2D eigenvalue weighted by Gasteiger charge is -2.21. The number of benzene rings is 1. The molecule has 0 saturated carbocycles. The highest BCUT2D eigenvalue weighted by Gasteiger charge is 2.37. The molecule has 4 N–H and O–H groups in total. The number of aliphatic hydroxyl groups is 3. The molecule has 1 rings (SSSR count).